The van der Waals surface area contributed by atoms with Crippen molar-refractivity contribution in [2.75, 3.05) is 11.9 Å². The van der Waals surface area contributed by atoms with Gasteiger partial charge in [0.15, 0.2) is 12.4 Å². The van der Waals surface area contributed by atoms with Gasteiger partial charge in [0.2, 0.25) is 0 Å². The van der Waals surface area contributed by atoms with E-state index in [4.69, 9.17) is 16.3 Å². The maximum absolute atomic E-state index is 13.6. The lowest BCUT2D eigenvalue weighted by Crippen LogP contribution is -2.22. The Balaban J connectivity index is 1.71. The standard InChI is InChI=1S/C22H15ClFNO4/c23-15-10-11-19(17(12-15)21(27)14-6-2-1-3-7-14)25-20(26)13-29-22(28)16-8-4-5-9-18(16)24/h1-12H,13H2,(H,25,26). The second kappa shape index (κ2) is 9.12. The summed E-state index contributed by atoms with van der Waals surface area (Å²) >= 11 is 6.00. The van der Waals surface area contributed by atoms with Crippen molar-refractivity contribution in [3.05, 3.63) is 100 Å². The number of carbonyl (C=O) groups excluding carboxylic acids is 3. The molecule has 0 aliphatic carbocycles. The number of benzene rings is 3. The number of nitrogens with one attached hydrogen (secondary N) is 1. The van der Waals surface area contributed by atoms with E-state index in [1.54, 1.807) is 30.3 Å². The lowest BCUT2D eigenvalue weighted by molar-refractivity contribution is -0.119. The predicted molar refractivity (Wildman–Crippen MR) is 107 cm³/mol. The summed E-state index contributed by atoms with van der Waals surface area (Å²) < 4.78 is 18.5. The summed E-state index contributed by atoms with van der Waals surface area (Å²) in [6.07, 6.45) is 0. The molecule has 0 radical (unpaired) electrons. The molecular weight excluding hydrogens is 397 g/mol. The Kier molecular flexibility index (Phi) is 6.36. The summed E-state index contributed by atoms with van der Waals surface area (Å²) in [6, 6.07) is 18.2. The van der Waals surface area contributed by atoms with E-state index in [1.807, 2.05) is 0 Å². The fourth-order valence-electron chi connectivity index (χ4n) is 2.58. The van der Waals surface area contributed by atoms with Crippen molar-refractivity contribution in [3.63, 3.8) is 0 Å². The van der Waals surface area contributed by atoms with Crippen LogP contribution in [0.1, 0.15) is 26.3 Å². The molecule has 5 nitrogen and oxygen atoms in total. The molecule has 0 bridgehead atoms. The molecule has 0 aliphatic heterocycles. The maximum Gasteiger partial charge on any atom is 0.341 e. The Morgan fingerprint density at radius 3 is 2.31 bits per heavy atom. The molecule has 0 unspecified atom stereocenters. The molecule has 0 saturated heterocycles. The summed E-state index contributed by atoms with van der Waals surface area (Å²) in [6.45, 7) is -0.644. The van der Waals surface area contributed by atoms with E-state index in [2.05, 4.69) is 5.32 Å². The Morgan fingerprint density at radius 1 is 0.897 bits per heavy atom. The first-order valence-corrected chi connectivity index (χ1v) is 8.94. The average molecular weight is 412 g/mol. The molecule has 3 aromatic carbocycles. The van der Waals surface area contributed by atoms with Crippen molar-refractivity contribution >= 4 is 34.9 Å². The molecule has 0 aromatic heterocycles. The van der Waals surface area contributed by atoms with Crippen LogP contribution < -0.4 is 5.32 Å². The molecule has 3 rings (SSSR count). The molecule has 0 spiro atoms. The van der Waals surface area contributed by atoms with Gasteiger partial charge in [-0.15, -0.1) is 0 Å². The fraction of sp³-hybridized carbons (Fsp3) is 0.0455. The van der Waals surface area contributed by atoms with E-state index >= 15 is 0 Å². The van der Waals surface area contributed by atoms with E-state index in [1.165, 1.54) is 36.4 Å². The first kappa shape index (κ1) is 20.2. The quantitative estimate of drug-likeness (QED) is 0.478. The van der Waals surface area contributed by atoms with Crippen LogP contribution in [0.4, 0.5) is 10.1 Å². The number of hydrogen-bond acceptors (Lipinski definition) is 4. The number of esters is 1. The van der Waals surface area contributed by atoms with Crippen LogP contribution in [-0.2, 0) is 9.53 Å². The number of anilines is 1. The van der Waals surface area contributed by atoms with Crippen molar-refractivity contribution in [3.8, 4) is 0 Å². The topological polar surface area (TPSA) is 72.5 Å². The Bertz CT molecular complexity index is 1070. The number of amides is 1. The number of ketones is 1. The average Bonchev–Trinajstić information content (AvgIpc) is 2.73. The number of ether oxygens (including phenoxy) is 1. The van der Waals surface area contributed by atoms with Crippen LogP contribution in [0.2, 0.25) is 5.02 Å². The monoisotopic (exact) mass is 411 g/mol. The predicted octanol–water partition coefficient (Wildman–Crippen LogP) is 4.51. The first-order chi connectivity index (χ1) is 14.0. The molecule has 29 heavy (non-hydrogen) atoms. The zero-order chi connectivity index (χ0) is 20.8. The largest absolute Gasteiger partial charge is 0.452 e. The normalized spacial score (nSPS) is 10.3. The Labute approximate surface area is 171 Å². The lowest BCUT2D eigenvalue weighted by Gasteiger charge is -2.11. The molecule has 1 amide bonds. The Morgan fingerprint density at radius 2 is 1.59 bits per heavy atom. The van der Waals surface area contributed by atoms with Gasteiger partial charge in [-0.05, 0) is 30.3 Å². The molecule has 1 N–H and O–H groups in total. The van der Waals surface area contributed by atoms with Gasteiger partial charge in [0.1, 0.15) is 5.82 Å². The highest BCUT2D eigenvalue weighted by Gasteiger charge is 2.18. The summed E-state index contributed by atoms with van der Waals surface area (Å²) in [5, 5.41) is 2.85. The summed E-state index contributed by atoms with van der Waals surface area (Å²) in [5.41, 5.74) is 0.565. The van der Waals surface area contributed by atoms with Crippen LogP contribution in [0.15, 0.2) is 72.8 Å². The van der Waals surface area contributed by atoms with Gasteiger partial charge in [0.05, 0.1) is 11.3 Å². The summed E-state index contributed by atoms with van der Waals surface area (Å²) in [7, 11) is 0. The van der Waals surface area contributed by atoms with Crippen LogP contribution in [0.25, 0.3) is 0 Å². The van der Waals surface area contributed by atoms with Crippen molar-refractivity contribution in [1.82, 2.24) is 0 Å². The van der Waals surface area contributed by atoms with Gasteiger partial charge in [-0.1, -0.05) is 54.1 Å². The van der Waals surface area contributed by atoms with Gasteiger partial charge < -0.3 is 10.1 Å². The molecule has 0 atom stereocenters. The van der Waals surface area contributed by atoms with Crippen LogP contribution in [0.5, 0.6) is 0 Å². The molecule has 0 saturated carbocycles. The first-order valence-electron chi connectivity index (χ1n) is 8.56. The van der Waals surface area contributed by atoms with Crippen molar-refractivity contribution in [1.29, 1.82) is 0 Å². The van der Waals surface area contributed by atoms with E-state index in [9.17, 15) is 18.8 Å². The van der Waals surface area contributed by atoms with Crippen molar-refractivity contribution in [2.24, 2.45) is 0 Å². The van der Waals surface area contributed by atoms with Gasteiger partial charge in [-0.2, -0.15) is 0 Å². The highest BCUT2D eigenvalue weighted by atomic mass is 35.5. The lowest BCUT2D eigenvalue weighted by atomic mass is 10.0. The SMILES string of the molecule is O=C(COC(=O)c1ccccc1F)Nc1ccc(Cl)cc1C(=O)c1ccccc1. The van der Waals surface area contributed by atoms with Crippen molar-refractivity contribution in [2.45, 2.75) is 0 Å². The van der Waals surface area contributed by atoms with Gasteiger partial charge in [0.25, 0.3) is 5.91 Å². The number of carbonyl (C=O) groups is 3. The smallest absolute Gasteiger partial charge is 0.341 e. The zero-order valence-electron chi connectivity index (χ0n) is 15.0. The molecule has 0 aliphatic rings. The van der Waals surface area contributed by atoms with Gasteiger partial charge >= 0.3 is 5.97 Å². The number of hydrogen-bond donors (Lipinski definition) is 1. The molecule has 0 heterocycles. The second-order valence-electron chi connectivity index (χ2n) is 5.99. The molecule has 0 fully saturated rings. The van der Waals surface area contributed by atoms with Crippen molar-refractivity contribution < 1.29 is 23.5 Å². The minimum atomic E-state index is -0.963. The number of halogens is 2. The molecule has 7 heteroatoms. The molecule has 3 aromatic rings. The third-order valence-corrected chi connectivity index (χ3v) is 4.20. The molecule has 146 valence electrons. The van der Waals surface area contributed by atoms with E-state index < -0.39 is 24.3 Å². The minimum Gasteiger partial charge on any atom is -0.452 e. The fourth-order valence-corrected chi connectivity index (χ4v) is 2.75. The zero-order valence-corrected chi connectivity index (χ0v) is 15.8. The third kappa shape index (κ3) is 5.06. The van der Waals surface area contributed by atoms with Gasteiger partial charge in [-0.3, -0.25) is 9.59 Å². The third-order valence-electron chi connectivity index (χ3n) is 3.96. The van der Waals surface area contributed by atoms with E-state index in [0.29, 0.717) is 10.6 Å². The second-order valence-corrected chi connectivity index (χ2v) is 6.43. The highest BCUT2D eigenvalue weighted by Crippen LogP contribution is 2.24. The van der Waals surface area contributed by atoms with Crippen LogP contribution in [0.3, 0.4) is 0 Å². The van der Waals surface area contributed by atoms with E-state index in [-0.39, 0.29) is 22.6 Å². The van der Waals surface area contributed by atoms with Crippen LogP contribution >= 0.6 is 11.6 Å². The maximum atomic E-state index is 13.6. The highest BCUT2D eigenvalue weighted by molar-refractivity contribution is 6.31. The van der Waals surface area contributed by atoms with Gasteiger partial charge in [0, 0.05) is 16.1 Å². The minimum absolute atomic E-state index is 0.192. The Hall–Kier alpha value is -3.51. The van der Waals surface area contributed by atoms with Crippen LogP contribution in [-0.4, -0.2) is 24.3 Å². The van der Waals surface area contributed by atoms with E-state index in [0.717, 1.165) is 6.07 Å². The number of rotatable bonds is 6. The van der Waals surface area contributed by atoms with Gasteiger partial charge in [-0.25, -0.2) is 9.18 Å². The summed E-state index contributed by atoms with van der Waals surface area (Å²) in [5.74, 6) is -2.72. The summed E-state index contributed by atoms with van der Waals surface area (Å²) in [4.78, 5) is 36.9. The van der Waals surface area contributed by atoms with Crippen LogP contribution in [0, 0.1) is 5.82 Å². The molecular formula is C22H15ClFNO4.